The Kier molecular flexibility index (Phi) is 4.04. The van der Waals surface area contributed by atoms with Crippen molar-refractivity contribution in [1.82, 2.24) is 4.98 Å². The van der Waals surface area contributed by atoms with Gasteiger partial charge >= 0.3 is 0 Å². The molecule has 0 aromatic carbocycles. The Bertz CT molecular complexity index is 440. The molecule has 0 amide bonds. The van der Waals surface area contributed by atoms with Crippen LogP contribution in [0.25, 0.3) is 0 Å². The van der Waals surface area contributed by atoms with Gasteiger partial charge in [0.15, 0.2) is 5.96 Å². The van der Waals surface area contributed by atoms with Gasteiger partial charge in [0.2, 0.25) is 0 Å². The molecule has 5 heteroatoms. The number of aliphatic hydroxyl groups excluding tert-OH is 1. The zero-order valence-corrected chi connectivity index (χ0v) is 11.5. The third-order valence-electron chi connectivity index (χ3n) is 3.64. The van der Waals surface area contributed by atoms with E-state index in [2.05, 4.69) is 15.3 Å². The number of nitrogens with one attached hydrogen (secondary N) is 1. The number of aromatic nitrogens is 1. The molecule has 5 nitrogen and oxygen atoms in total. The third-order valence-corrected chi connectivity index (χ3v) is 3.64. The van der Waals surface area contributed by atoms with E-state index in [0.29, 0.717) is 18.3 Å². The zero-order chi connectivity index (χ0) is 13.9. The predicted molar refractivity (Wildman–Crippen MR) is 76.9 cm³/mol. The lowest BCUT2D eigenvalue weighted by Gasteiger charge is -2.23. The van der Waals surface area contributed by atoms with Crippen molar-refractivity contribution in [2.45, 2.75) is 32.8 Å². The Balaban J connectivity index is 1.92. The molecule has 2 rings (SSSR count). The van der Waals surface area contributed by atoms with Crippen molar-refractivity contribution < 1.29 is 5.11 Å². The number of anilines is 1. The average Bonchev–Trinajstić information content (AvgIpc) is 3.18. The van der Waals surface area contributed by atoms with E-state index in [1.54, 1.807) is 6.20 Å². The Morgan fingerprint density at radius 2 is 2.26 bits per heavy atom. The summed E-state index contributed by atoms with van der Waals surface area (Å²) in [5.74, 6) is 1.28. The minimum atomic E-state index is -0.307. The normalized spacial score (nSPS) is 19.3. The molecule has 0 saturated heterocycles. The molecule has 1 atom stereocenters. The van der Waals surface area contributed by atoms with Crippen LogP contribution < -0.4 is 11.1 Å². The number of nitrogens with two attached hydrogens (primary N) is 1. The van der Waals surface area contributed by atoms with Crippen molar-refractivity contribution >= 4 is 11.8 Å². The summed E-state index contributed by atoms with van der Waals surface area (Å²) in [6.45, 7) is 4.63. The number of hydrogen-bond donors (Lipinski definition) is 3. The quantitative estimate of drug-likeness (QED) is 0.556. The lowest BCUT2D eigenvalue weighted by atomic mass is 9.90. The second-order valence-corrected chi connectivity index (χ2v) is 5.59. The van der Waals surface area contributed by atoms with Crippen LogP contribution in [0.3, 0.4) is 0 Å². The van der Waals surface area contributed by atoms with Crippen molar-refractivity contribution in [1.29, 1.82) is 0 Å². The Morgan fingerprint density at radius 1 is 1.53 bits per heavy atom. The summed E-state index contributed by atoms with van der Waals surface area (Å²) in [7, 11) is 0. The first-order chi connectivity index (χ1) is 9.03. The fraction of sp³-hybridized carbons (Fsp3) is 0.571. The number of hydrogen-bond acceptors (Lipinski definition) is 3. The monoisotopic (exact) mass is 262 g/mol. The molecule has 104 valence electrons. The van der Waals surface area contributed by atoms with Gasteiger partial charge in [0, 0.05) is 11.6 Å². The van der Waals surface area contributed by atoms with Crippen LogP contribution in [-0.2, 0) is 0 Å². The number of aliphatic hydroxyl groups is 1. The number of aliphatic imine (C=N–C) groups is 1. The second kappa shape index (κ2) is 5.57. The summed E-state index contributed by atoms with van der Waals surface area (Å²) < 4.78 is 0. The molecule has 1 heterocycles. The molecule has 19 heavy (non-hydrogen) atoms. The van der Waals surface area contributed by atoms with Crippen molar-refractivity contribution in [2.75, 3.05) is 11.9 Å². The van der Waals surface area contributed by atoms with Gasteiger partial charge < -0.3 is 16.2 Å². The van der Waals surface area contributed by atoms with E-state index >= 15 is 0 Å². The van der Waals surface area contributed by atoms with Gasteiger partial charge in [0.05, 0.1) is 12.6 Å². The van der Waals surface area contributed by atoms with Crippen LogP contribution in [0.15, 0.2) is 29.4 Å². The molecule has 4 N–H and O–H groups in total. The van der Waals surface area contributed by atoms with E-state index in [4.69, 9.17) is 5.73 Å². The molecule has 1 aliphatic rings. The van der Waals surface area contributed by atoms with Crippen LogP contribution >= 0.6 is 0 Å². The molecule has 1 fully saturated rings. The van der Waals surface area contributed by atoms with Crippen molar-refractivity contribution in [2.24, 2.45) is 22.1 Å². The van der Waals surface area contributed by atoms with Gasteiger partial charge in [0.25, 0.3) is 0 Å². The van der Waals surface area contributed by atoms with Gasteiger partial charge in [-0.05, 0) is 30.9 Å². The Morgan fingerprint density at radius 3 is 2.79 bits per heavy atom. The largest absolute Gasteiger partial charge is 0.392 e. The van der Waals surface area contributed by atoms with E-state index in [1.807, 2.05) is 32.0 Å². The summed E-state index contributed by atoms with van der Waals surface area (Å²) in [5.41, 5.74) is 5.77. The number of nitrogens with zero attached hydrogens (tertiary/aromatic N) is 2. The van der Waals surface area contributed by atoms with Gasteiger partial charge in [0.1, 0.15) is 5.82 Å². The molecule has 1 aromatic heterocycles. The summed E-state index contributed by atoms with van der Waals surface area (Å²) in [5, 5.41) is 13.1. The van der Waals surface area contributed by atoms with Crippen LogP contribution in [0.4, 0.5) is 5.82 Å². The Labute approximate surface area is 114 Å². The minimum absolute atomic E-state index is 0.0649. The first kappa shape index (κ1) is 13.8. The molecular weight excluding hydrogens is 240 g/mol. The fourth-order valence-corrected chi connectivity index (χ4v) is 2.27. The van der Waals surface area contributed by atoms with E-state index in [0.717, 1.165) is 12.8 Å². The summed E-state index contributed by atoms with van der Waals surface area (Å²) in [4.78, 5) is 8.46. The highest BCUT2D eigenvalue weighted by molar-refractivity contribution is 5.91. The van der Waals surface area contributed by atoms with Gasteiger partial charge in [-0.2, -0.15) is 0 Å². The van der Waals surface area contributed by atoms with Crippen molar-refractivity contribution in [3.8, 4) is 0 Å². The van der Waals surface area contributed by atoms with Crippen LogP contribution in [0.5, 0.6) is 0 Å². The minimum Gasteiger partial charge on any atom is -0.392 e. The van der Waals surface area contributed by atoms with E-state index in [-0.39, 0.29) is 17.4 Å². The fourth-order valence-electron chi connectivity index (χ4n) is 2.27. The maximum Gasteiger partial charge on any atom is 0.194 e. The first-order valence-electron chi connectivity index (χ1n) is 6.69. The van der Waals surface area contributed by atoms with Gasteiger partial charge in [-0.25, -0.2) is 4.98 Å². The molecule has 1 unspecified atom stereocenters. The number of rotatable bonds is 5. The van der Waals surface area contributed by atoms with E-state index in [9.17, 15) is 5.11 Å². The molecule has 0 radical (unpaired) electrons. The number of guanidine groups is 1. The Hall–Kier alpha value is -1.62. The summed E-state index contributed by atoms with van der Waals surface area (Å²) >= 11 is 0. The lowest BCUT2D eigenvalue weighted by Crippen LogP contribution is -2.32. The van der Waals surface area contributed by atoms with Crippen LogP contribution in [-0.4, -0.2) is 28.7 Å². The standard InChI is InChI=1S/C14H22N4O/c1-10(2)12(19)14(6-7-14)9-17-13(15)18-11-5-3-4-8-16-11/h3-5,8,10,12,19H,6-7,9H2,1-2H3,(H3,15,16,17,18). The zero-order valence-electron chi connectivity index (χ0n) is 11.5. The average molecular weight is 262 g/mol. The van der Waals surface area contributed by atoms with Gasteiger partial charge in [-0.15, -0.1) is 0 Å². The third kappa shape index (κ3) is 3.44. The van der Waals surface area contributed by atoms with Crippen LogP contribution in [0, 0.1) is 11.3 Å². The molecule has 0 spiro atoms. The van der Waals surface area contributed by atoms with Crippen molar-refractivity contribution in [3.63, 3.8) is 0 Å². The maximum atomic E-state index is 10.2. The second-order valence-electron chi connectivity index (χ2n) is 5.59. The lowest BCUT2D eigenvalue weighted by molar-refractivity contribution is 0.0549. The molecule has 1 saturated carbocycles. The maximum absolute atomic E-state index is 10.2. The highest BCUT2D eigenvalue weighted by Gasteiger charge is 2.49. The SMILES string of the molecule is CC(C)C(O)C1(CN=C(N)Nc2ccccn2)CC1. The predicted octanol–water partition coefficient (Wildman–Crippen LogP) is 1.61. The number of pyridine rings is 1. The van der Waals surface area contributed by atoms with Gasteiger partial charge in [-0.3, -0.25) is 4.99 Å². The highest BCUT2D eigenvalue weighted by Crippen LogP contribution is 2.50. The summed E-state index contributed by atoms with van der Waals surface area (Å²) in [6, 6.07) is 5.56. The van der Waals surface area contributed by atoms with Crippen LogP contribution in [0.2, 0.25) is 0 Å². The molecule has 1 aliphatic carbocycles. The smallest absolute Gasteiger partial charge is 0.194 e. The van der Waals surface area contributed by atoms with Crippen LogP contribution in [0.1, 0.15) is 26.7 Å². The van der Waals surface area contributed by atoms with Gasteiger partial charge in [-0.1, -0.05) is 19.9 Å². The van der Waals surface area contributed by atoms with E-state index < -0.39 is 0 Å². The highest BCUT2D eigenvalue weighted by atomic mass is 16.3. The molecule has 0 bridgehead atoms. The van der Waals surface area contributed by atoms with Crippen molar-refractivity contribution in [3.05, 3.63) is 24.4 Å². The summed E-state index contributed by atoms with van der Waals surface area (Å²) in [6.07, 6.45) is 3.43. The molecule has 1 aromatic rings. The first-order valence-corrected chi connectivity index (χ1v) is 6.69. The topological polar surface area (TPSA) is 83.5 Å². The molecular formula is C14H22N4O. The molecule has 0 aliphatic heterocycles. The van der Waals surface area contributed by atoms with E-state index in [1.165, 1.54) is 0 Å².